The lowest BCUT2D eigenvalue weighted by molar-refractivity contribution is 0.233. The molecule has 0 saturated heterocycles. The summed E-state index contributed by atoms with van der Waals surface area (Å²) in [6.45, 7) is 6.11. The highest BCUT2D eigenvalue weighted by Crippen LogP contribution is 2.24. The summed E-state index contributed by atoms with van der Waals surface area (Å²) in [6, 6.07) is 0. The molecule has 1 N–H and O–H groups in total. The van der Waals surface area contributed by atoms with Crippen molar-refractivity contribution in [2.24, 2.45) is 5.92 Å². The van der Waals surface area contributed by atoms with Gasteiger partial charge in [-0.25, -0.2) is 0 Å². The first-order chi connectivity index (χ1) is 5.11. The number of rotatable bonds is 1. The van der Waals surface area contributed by atoms with Crippen molar-refractivity contribution in [2.45, 2.75) is 33.3 Å². The maximum Gasteiger partial charge on any atom is 0.0761 e. The monoisotopic (exact) mass is 152 g/mol. The van der Waals surface area contributed by atoms with Gasteiger partial charge in [0.05, 0.1) is 6.10 Å². The first-order valence-corrected chi connectivity index (χ1v) is 4.17. The number of aliphatic hydroxyl groups excluding tert-OH is 1. The predicted octanol–water partition coefficient (Wildman–Crippen LogP) is 2.28. The third kappa shape index (κ3) is 1.93. The van der Waals surface area contributed by atoms with Crippen LogP contribution in [0.25, 0.3) is 0 Å². The van der Waals surface area contributed by atoms with Crippen molar-refractivity contribution in [3.8, 4) is 0 Å². The molecule has 1 aliphatic carbocycles. The molecule has 0 heterocycles. The molecule has 1 aliphatic rings. The van der Waals surface area contributed by atoms with Gasteiger partial charge in [0.15, 0.2) is 0 Å². The van der Waals surface area contributed by atoms with Crippen molar-refractivity contribution in [1.82, 2.24) is 0 Å². The molecule has 0 fully saturated rings. The zero-order valence-corrected chi connectivity index (χ0v) is 7.46. The minimum absolute atomic E-state index is 0.307. The summed E-state index contributed by atoms with van der Waals surface area (Å²) in [5, 5.41) is 9.32. The molecule has 2 atom stereocenters. The van der Waals surface area contributed by atoms with E-state index in [4.69, 9.17) is 0 Å². The maximum absolute atomic E-state index is 9.32. The standard InChI is InChI=1S/C10H16O/c1-7-4-5-10(9(3)11)8(2)6-7/h4-5,7,9,11H,6H2,1-3H3. The highest BCUT2D eigenvalue weighted by atomic mass is 16.3. The van der Waals surface area contributed by atoms with E-state index >= 15 is 0 Å². The van der Waals surface area contributed by atoms with Crippen LogP contribution in [-0.4, -0.2) is 11.2 Å². The summed E-state index contributed by atoms with van der Waals surface area (Å²) >= 11 is 0. The Bertz CT molecular complexity index is 199. The normalized spacial score (nSPS) is 27.5. The van der Waals surface area contributed by atoms with Crippen LogP contribution in [0.1, 0.15) is 27.2 Å². The second-order valence-electron chi connectivity index (χ2n) is 3.45. The van der Waals surface area contributed by atoms with Gasteiger partial charge in [0, 0.05) is 0 Å². The van der Waals surface area contributed by atoms with E-state index in [1.807, 2.05) is 13.0 Å². The molecule has 0 aromatic carbocycles. The van der Waals surface area contributed by atoms with Crippen molar-refractivity contribution in [2.75, 3.05) is 0 Å². The Morgan fingerprint density at radius 3 is 2.73 bits per heavy atom. The Morgan fingerprint density at radius 1 is 1.64 bits per heavy atom. The van der Waals surface area contributed by atoms with Gasteiger partial charge in [0.25, 0.3) is 0 Å². The van der Waals surface area contributed by atoms with E-state index in [2.05, 4.69) is 19.9 Å². The van der Waals surface area contributed by atoms with Crippen molar-refractivity contribution >= 4 is 0 Å². The van der Waals surface area contributed by atoms with Crippen molar-refractivity contribution in [3.05, 3.63) is 23.3 Å². The third-order valence-corrected chi connectivity index (χ3v) is 2.18. The molecule has 0 aliphatic heterocycles. The Morgan fingerprint density at radius 2 is 2.27 bits per heavy atom. The minimum Gasteiger partial charge on any atom is -0.389 e. The lowest BCUT2D eigenvalue weighted by Crippen LogP contribution is -2.09. The van der Waals surface area contributed by atoms with E-state index < -0.39 is 0 Å². The highest BCUT2D eigenvalue weighted by Gasteiger charge is 2.12. The van der Waals surface area contributed by atoms with Crippen LogP contribution < -0.4 is 0 Å². The molecule has 0 amide bonds. The average Bonchev–Trinajstić information content (AvgIpc) is 1.85. The fraction of sp³-hybridized carbons (Fsp3) is 0.600. The van der Waals surface area contributed by atoms with Gasteiger partial charge in [-0.3, -0.25) is 0 Å². The number of hydrogen-bond donors (Lipinski definition) is 1. The zero-order chi connectivity index (χ0) is 8.43. The van der Waals surface area contributed by atoms with Crippen LogP contribution in [0.15, 0.2) is 23.3 Å². The smallest absolute Gasteiger partial charge is 0.0761 e. The van der Waals surface area contributed by atoms with Crippen LogP contribution in [-0.2, 0) is 0 Å². The molecule has 0 spiro atoms. The summed E-state index contributed by atoms with van der Waals surface area (Å²) in [7, 11) is 0. The van der Waals surface area contributed by atoms with Crippen LogP contribution >= 0.6 is 0 Å². The van der Waals surface area contributed by atoms with Crippen molar-refractivity contribution < 1.29 is 5.11 Å². The second-order valence-corrected chi connectivity index (χ2v) is 3.45. The lowest BCUT2D eigenvalue weighted by atomic mass is 9.90. The van der Waals surface area contributed by atoms with E-state index in [0.717, 1.165) is 12.0 Å². The molecule has 1 heteroatoms. The van der Waals surface area contributed by atoms with Gasteiger partial charge in [-0.05, 0) is 31.8 Å². The van der Waals surface area contributed by atoms with Crippen LogP contribution in [0.5, 0.6) is 0 Å². The Balaban J connectivity index is 2.80. The third-order valence-electron chi connectivity index (χ3n) is 2.18. The highest BCUT2D eigenvalue weighted by molar-refractivity contribution is 5.31. The van der Waals surface area contributed by atoms with Gasteiger partial charge in [-0.2, -0.15) is 0 Å². The summed E-state index contributed by atoms with van der Waals surface area (Å²) < 4.78 is 0. The molecule has 0 aromatic rings. The molecular weight excluding hydrogens is 136 g/mol. The number of aliphatic hydroxyl groups is 1. The van der Waals surface area contributed by atoms with Gasteiger partial charge < -0.3 is 5.11 Å². The average molecular weight is 152 g/mol. The lowest BCUT2D eigenvalue weighted by Gasteiger charge is -2.18. The van der Waals surface area contributed by atoms with E-state index in [9.17, 15) is 5.11 Å². The molecule has 0 bridgehead atoms. The summed E-state index contributed by atoms with van der Waals surface area (Å²) in [4.78, 5) is 0. The molecule has 1 nitrogen and oxygen atoms in total. The Hall–Kier alpha value is -0.560. The quantitative estimate of drug-likeness (QED) is 0.611. The maximum atomic E-state index is 9.32. The Labute approximate surface area is 68.4 Å². The van der Waals surface area contributed by atoms with Gasteiger partial charge in [0.2, 0.25) is 0 Å². The van der Waals surface area contributed by atoms with Gasteiger partial charge >= 0.3 is 0 Å². The van der Waals surface area contributed by atoms with Crippen molar-refractivity contribution in [1.29, 1.82) is 0 Å². The van der Waals surface area contributed by atoms with E-state index in [0.29, 0.717) is 5.92 Å². The summed E-state index contributed by atoms with van der Waals surface area (Å²) in [5.41, 5.74) is 2.43. The first kappa shape index (κ1) is 8.54. The minimum atomic E-state index is -0.307. The Kier molecular flexibility index (Phi) is 2.50. The van der Waals surface area contributed by atoms with Gasteiger partial charge in [-0.15, -0.1) is 0 Å². The molecular formula is C10H16O. The van der Waals surface area contributed by atoms with Crippen LogP contribution in [0.2, 0.25) is 0 Å². The molecule has 0 aromatic heterocycles. The van der Waals surface area contributed by atoms with Crippen LogP contribution in [0.3, 0.4) is 0 Å². The summed E-state index contributed by atoms with van der Waals surface area (Å²) in [5.74, 6) is 0.637. The van der Waals surface area contributed by atoms with Crippen LogP contribution in [0.4, 0.5) is 0 Å². The largest absolute Gasteiger partial charge is 0.389 e. The van der Waals surface area contributed by atoms with Gasteiger partial charge in [-0.1, -0.05) is 24.6 Å². The van der Waals surface area contributed by atoms with Gasteiger partial charge in [0.1, 0.15) is 0 Å². The zero-order valence-electron chi connectivity index (χ0n) is 7.46. The topological polar surface area (TPSA) is 20.2 Å². The molecule has 11 heavy (non-hydrogen) atoms. The van der Waals surface area contributed by atoms with E-state index in [1.165, 1.54) is 5.57 Å². The molecule has 1 rings (SSSR count). The van der Waals surface area contributed by atoms with E-state index in [-0.39, 0.29) is 6.10 Å². The summed E-state index contributed by atoms with van der Waals surface area (Å²) in [6.07, 6.45) is 5.00. The molecule has 0 radical (unpaired) electrons. The molecule has 0 saturated carbocycles. The molecule has 62 valence electrons. The molecule has 2 unspecified atom stereocenters. The number of allylic oxidation sites excluding steroid dienone is 2. The second kappa shape index (κ2) is 3.22. The fourth-order valence-corrected chi connectivity index (χ4v) is 1.57. The van der Waals surface area contributed by atoms with Crippen LogP contribution in [0, 0.1) is 5.92 Å². The SMILES string of the molecule is CC1=C(C(C)O)C=CC(C)C1. The van der Waals surface area contributed by atoms with E-state index in [1.54, 1.807) is 0 Å². The number of hydrogen-bond acceptors (Lipinski definition) is 1. The predicted molar refractivity (Wildman–Crippen MR) is 47.3 cm³/mol. The first-order valence-electron chi connectivity index (χ1n) is 4.17. The fourth-order valence-electron chi connectivity index (χ4n) is 1.57. The van der Waals surface area contributed by atoms with Crippen molar-refractivity contribution in [3.63, 3.8) is 0 Å².